The number of carbonyl (C=O) groups excluding carboxylic acids is 3. The summed E-state index contributed by atoms with van der Waals surface area (Å²) in [5.74, 6) is -0.879. The second-order valence-electron chi connectivity index (χ2n) is 20.9. The van der Waals surface area contributed by atoms with Crippen molar-refractivity contribution in [1.29, 1.82) is 0 Å². The number of unbranched alkanes of at least 4 members (excludes halogenated alkanes) is 34. The molecule has 0 saturated heterocycles. The van der Waals surface area contributed by atoms with Crippen LogP contribution in [0.1, 0.15) is 316 Å². The summed E-state index contributed by atoms with van der Waals surface area (Å²) in [6.45, 7) is 6.50. The van der Waals surface area contributed by atoms with Gasteiger partial charge in [-0.1, -0.05) is 280 Å². The molecule has 422 valence electrons. The highest BCUT2D eigenvalue weighted by molar-refractivity contribution is 5.71. The molecule has 0 aromatic heterocycles. The fraction of sp³-hybridized carbons (Fsp3) is 0.776. The van der Waals surface area contributed by atoms with E-state index in [0.717, 1.165) is 96.3 Å². The van der Waals surface area contributed by atoms with E-state index in [1.807, 2.05) is 0 Å². The van der Waals surface area contributed by atoms with Gasteiger partial charge in [0.2, 0.25) is 0 Å². The molecule has 6 heteroatoms. The van der Waals surface area contributed by atoms with E-state index in [9.17, 15) is 14.4 Å². The summed E-state index contributed by atoms with van der Waals surface area (Å²) in [5, 5.41) is 0. The lowest BCUT2D eigenvalue weighted by molar-refractivity contribution is -0.167. The molecule has 0 aliphatic carbocycles. The van der Waals surface area contributed by atoms with Gasteiger partial charge in [-0.25, -0.2) is 0 Å². The van der Waals surface area contributed by atoms with Crippen LogP contribution in [0.5, 0.6) is 0 Å². The lowest BCUT2D eigenvalue weighted by atomic mass is 10.0. The molecule has 0 N–H and O–H groups in total. The summed E-state index contributed by atoms with van der Waals surface area (Å²) >= 11 is 0. The molecule has 0 bridgehead atoms. The van der Waals surface area contributed by atoms with E-state index in [2.05, 4.69) is 93.7 Å². The molecule has 0 aromatic rings. The van der Waals surface area contributed by atoms with E-state index in [-0.39, 0.29) is 31.1 Å². The van der Waals surface area contributed by atoms with E-state index < -0.39 is 6.10 Å². The maximum absolute atomic E-state index is 12.8. The van der Waals surface area contributed by atoms with Crippen LogP contribution in [-0.4, -0.2) is 37.2 Å². The summed E-state index contributed by atoms with van der Waals surface area (Å²) in [6, 6.07) is 0. The Morgan fingerprint density at radius 2 is 0.534 bits per heavy atom. The third-order valence-electron chi connectivity index (χ3n) is 13.7. The van der Waals surface area contributed by atoms with Crippen molar-refractivity contribution in [3.63, 3.8) is 0 Å². The van der Waals surface area contributed by atoms with Crippen LogP contribution in [0.2, 0.25) is 0 Å². The van der Waals surface area contributed by atoms with E-state index in [1.165, 1.54) is 180 Å². The van der Waals surface area contributed by atoms with Gasteiger partial charge >= 0.3 is 17.9 Å². The number of hydrogen-bond donors (Lipinski definition) is 0. The van der Waals surface area contributed by atoms with Crippen LogP contribution in [0.3, 0.4) is 0 Å². The normalized spacial score (nSPS) is 12.5. The summed E-state index contributed by atoms with van der Waals surface area (Å²) in [7, 11) is 0. The van der Waals surface area contributed by atoms with E-state index in [1.54, 1.807) is 0 Å². The minimum atomic E-state index is -0.777. The Morgan fingerprint density at radius 1 is 0.288 bits per heavy atom. The van der Waals surface area contributed by atoms with Crippen molar-refractivity contribution in [2.24, 2.45) is 0 Å². The first kappa shape index (κ1) is 69.8. The number of rotatable bonds is 57. The first-order valence-corrected chi connectivity index (χ1v) is 31.4. The smallest absolute Gasteiger partial charge is 0.306 e. The zero-order valence-electron chi connectivity index (χ0n) is 48.4. The molecule has 0 aliphatic rings. The van der Waals surface area contributed by atoms with Gasteiger partial charge in [-0.2, -0.15) is 0 Å². The van der Waals surface area contributed by atoms with Crippen LogP contribution in [0.15, 0.2) is 72.9 Å². The van der Waals surface area contributed by atoms with Crippen LogP contribution in [0.25, 0.3) is 0 Å². The van der Waals surface area contributed by atoms with Crippen LogP contribution in [-0.2, 0) is 28.6 Å². The van der Waals surface area contributed by atoms with Crippen LogP contribution in [0, 0.1) is 0 Å². The summed E-state index contributed by atoms with van der Waals surface area (Å²) < 4.78 is 16.8. The Kier molecular flexibility index (Phi) is 58.7. The molecule has 1 unspecified atom stereocenters. The Hall–Kier alpha value is -3.15. The number of carbonyl (C=O) groups is 3. The minimum absolute atomic E-state index is 0.0762. The summed E-state index contributed by atoms with van der Waals surface area (Å²) in [4.78, 5) is 38.1. The third kappa shape index (κ3) is 59.6. The molecular weight excluding hydrogens is 901 g/mol. The Labute approximate surface area is 453 Å². The zero-order valence-corrected chi connectivity index (χ0v) is 48.4. The van der Waals surface area contributed by atoms with Crippen LogP contribution in [0.4, 0.5) is 0 Å². The van der Waals surface area contributed by atoms with Gasteiger partial charge in [-0.3, -0.25) is 14.4 Å². The second kappa shape index (κ2) is 61.4. The van der Waals surface area contributed by atoms with Gasteiger partial charge in [0.25, 0.3) is 0 Å². The average Bonchev–Trinajstić information content (AvgIpc) is 3.39. The molecule has 0 aliphatic heterocycles. The summed E-state index contributed by atoms with van der Waals surface area (Å²) in [5.41, 5.74) is 0. The van der Waals surface area contributed by atoms with Gasteiger partial charge in [-0.05, 0) is 89.9 Å². The van der Waals surface area contributed by atoms with E-state index in [0.29, 0.717) is 19.3 Å². The predicted molar refractivity (Wildman–Crippen MR) is 316 cm³/mol. The zero-order chi connectivity index (χ0) is 52.9. The molecule has 0 heterocycles. The maximum atomic E-state index is 12.8. The molecule has 0 rings (SSSR count). The van der Waals surface area contributed by atoms with Crippen molar-refractivity contribution < 1.29 is 28.6 Å². The summed E-state index contributed by atoms with van der Waals surface area (Å²) in [6.07, 6.45) is 79.3. The average molecular weight is 1020 g/mol. The third-order valence-corrected chi connectivity index (χ3v) is 13.7. The SMILES string of the molecule is CC/C=C\C/C=C\C/C=C\C/C=C\CCCCCCCCCCC(=O)OC(COC(=O)CCCCCCCCC)COC(=O)CCCCCCCCCCCCCCCCC/C=C\C/C=C\CCCCCCC. The van der Waals surface area contributed by atoms with Gasteiger partial charge < -0.3 is 14.2 Å². The first-order chi connectivity index (χ1) is 36.0. The van der Waals surface area contributed by atoms with Crippen molar-refractivity contribution >= 4 is 17.9 Å². The molecule has 0 aromatic carbocycles. The van der Waals surface area contributed by atoms with Crippen molar-refractivity contribution in [2.75, 3.05) is 13.2 Å². The van der Waals surface area contributed by atoms with Crippen LogP contribution >= 0.6 is 0 Å². The highest BCUT2D eigenvalue weighted by Gasteiger charge is 2.19. The topological polar surface area (TPSA) is 78.9 Å². The number of allylic oxidation sites excluding steroid dienone is 12. The van der Waals surface area contributed by atoms with Gasteiger partial charge in [0.05, 0.1) is 0 Å². The number of esters is 3. The van der Waals surface area contributed by atoms with E-state index >= 15 is 0 Å². The molecule has 0 amide bonds. The lowest BCUT2D eigenvalue weighted by Gasteiger charge is -2.18. The molecular formula is C67H118O6. The minimum Gasteiger partial charge on any atom is -0.462 e. The Bertz CT molecular complexity index is 1360. The fourth-order valence-electron chi connectivity index (χ4n) is 9.00. The molecule has 0 spiro atoms. The largest absolute Gasteiger partial charge is 0.462 e. The highest BCUT2D eigenvalue weighted by Crippen LogP contribution is 2.17. The fourth-order valence-corrected chi connectivity index (χ4v) is 9.00. The van der Waals surface area contributed by atoms with Crippen molar-refractivity contribution in [1.82, 2.24) is 0 Å². The number of hydrogen-bond acceptors (Lipinski definition) is 6. The Balaban J connectivity index is 4.12. The first-order valence-electron chi connectivity index (χ1n) is 31.4. The quantitative estimate of drug-likeness (QED) is 0.0261. The van der Waals surface area contributed by atoms with Gasteiger partial charge in [-0.15, -0.1) is 0 Å². The molecule has 73 heavy (non-hydrogen) atoms. The van der Waals surface area contributed by atoms with Crippen molar-refractivity contribution in [2.45, 2.75) is 322 Å². The Morgan fingerprint density at radius 3 is 0.836 bits per heavy atom. The van der Waals surface area contributed by atoms with Crippen molar-refractivity contribution in [3.8, 4) is 0 Å². The molecule has 1 atom stereocenters. The van der Waals surface area contributed by atoms with Gasteiger partial charge in [0, 0.05) is 19.3 Å². The highest BCUT2D eigenvalue weighted by atomic mass is 16.6. The molecule has 0 fully saturated rings. The van der Waals surface area contributed by atoms with Gasteiger partial charge in [0.1, 0.15) is 13.2 Å². The second-order valence-corrected chi connectivity index (χ2v) is 20.9. The van der Waals surface area contributed by atoms with Crippen molar-refractivity contribution in [3.05, 3.63) is 72.9 Å². The number of ether oxygens (including phenoxy) is 3. The molecule has 0 radical (unpaired) electrons. The van der Waals surface area contributed by atoms with E-state index in [4.69, 9.17) is 14.2 Å². The maximum Gasteiger partial charge on any atom is 0.306 e. The molecule has 0 saturated carbocycles. The predicted octanol–water partition coefficient (Wildman–Crippen LogP) is 21.3. The molecule has 6 nitrogen and oxygen atoms in total. The van der Waals surface area contributed by atoms with Crippen LogP contribution < -0.4 is 0 Å². The standard InChI is InChI=1S/C67H118O6/c1-4-7-10-13-16-18-20-22-24-26-28-30-31-32-33-34-35-37-38-40-42-44-46-48-51-54-57-60-66(69)72-63-64(62-71-65(68)59-56-53-50-15-12-9-6-3)73-67(70)61-58-55-52-49-47-45-43-41-39-36-29-27-25-23-21-19-17-14-11-8-5-2/h8,11,17,19-20,22-23,25-26,28-29,36,64H,4-7,9-10,12-16,18,21,24,27,30-35,37-63H2,1-3H3/b11-8-,19-17-,22-20-,25-23-,28-26-,36-29-. The lowest BCUT2D eigenvalue weighted by Crippen LogP contribution is -2.30. The van der Waals surface area contributed by atoms with Gasteiger partial charge in [0.15, 0.2) is 6.10 Å². The monoisotopic (exact) mass is 1020 g/mol.